The summed E-state index contributed by atoms with van der Waals surface area (Å²) < 4.78 is 33.4. The zero-order valence-corrected chi connectivity index (χ0v) is 22.1. The molecule has 35 heavy (non-hydrogen) atoms. The fourth-order valence-corrected chi connectivity index (χ4v) is 5.14. The van der Waals surface area contributed by atoms with E-state index in [4.69, 9.17) is 27.9 Å². The van der Waals surface area contributed by atoms with Gasteiger partial charge in [0.05, 0.1) is 33.4 Å². The maximum absolute atomic E-state index is 13.5. The quantitative estimate of drug-likeness (QED) is 0.205. The zero-order chi connectivity index (χ0) is 25.4. The molecule has 1 amide bonds. The summed E-state index contributed by atoms with van der Waals surface area (Å²) in [5.41, 5.74) is 3.29. The molecular formula is C24H23Cl2N3O4S2. The number of anilines is 1. The van der Waals surface area contributed by atoms with Crippen LogP contribution in [0.4, 0.5) is 5.69 Å². The SMILES string of the molecule is CCOc1ccc(N(CC(=O)N/N=C\c2ccc(Cl)c(Cl)c2)S(=O)(=O)c2ccc(SC)cc2)cc1. The van der Waals surface area contributed by atoms with Crippen molar-refractivity contribution >= 4 is 62.8 Å². The second-order valence-corrected chi connectivity index (χ2v) is 10.6. The number of ether oxygens (including phenoxy) is 1. The maximum atomic E-state index is 13.5. The van der Waals surface area contributed by atoms with Crippen molar-refractivity contribution < 1.29 is 17.9 Å². The van der Waals surface area contributed by atoms with Gasteiger partial charge in [-0.1, -0.05) is 29.3 Å². The first-order chi connectivity index (χ1) is 16.7. The number of nitrogens with zero attached hydrogens (tertiary/aromatic N) is 2. The molecular weight excluding hydrogens is 529 g/mol. The average Bonchev–Trinajstić information content (AvgIpc) is 2.85. The van der Waals surface area contributed by atoms with E-state index < -0.39 is 22.5 Å². The molecule has 0 aromatic heterocycles. The van der Waals surface area contributed by atoms with Crippen LogP contribution >= 0.6 is 35.0 Å². The fraction of sp³-hybridized carbons (Fsp3) is 0.167. The first-order valence-corrected chi connectivity index (χ1v) is 13.8. The molecule has 0 spiro atoms. The van der Waals surface area contributed by atoms with E-state index in [0.717, 1.165) is 9.20 Å². The standard InChI is InChI=1S/C24H23Cl2N3O4S2/c1-3-33-19-7-5-18(6-8-19)29(35(31,32)21-11-9-20(34-2)10-12-21)16-24(30)28-27-15-17-4-13-22(25)23(26)14-17/h4-15H,3,16H2,1-2H3,(H,28,30)/b27-15-. The van der Waals surface area contributed by atoms with Crippen LogP contribution in [0, 0.1) is 0 Å². The van der Waals surface area contributed by atoms with Crippen molar-refractivity contribution in [1.29, 1.82) is 0 Å². The molecule has 0 radical (unpaired) electrons. The predicted molar refractivity (Wildman–Crippen MR) is 143 cm³/mol. The van der Waals surface area contributed by atoms with Crippen molar-refractivity contribution in [2.45, 2.75) is 16.7 Å². The minimum atomic E-state index is -4.05. The van der Waals surface area contributed by atoms with Gasteiger partial charge in [0.2, 0.25) is 0 Å². The molecule has 0 atom stereocenters. The number of sulfonamides is 1. The van der Waals surface area contributed by atoms with Crippen LogP contribution in [-0.2, 0) is 14.8 Å². The number of rotatable bonds is 10. The summed E-state index contributed by atoms with van der Waals surface area (Å²) in [4.78, 5) is 13.7. The van der Waals surface area contributed by atoms with E-state index in [9.17, 15) is 13.2 Å². The van der Waals surface area contributed by atoms with E-state index in [1.807, 2.05) is 13.2 Å². The average molecular weight is 553 g/mol. The van der Waals surface area contributed by atoms with Gasteiger partial charge in [-0.3, -0.25) is 9.10 Å². The molecule has 3 rings (SSSR count). The van der Waals surface area contributed by atoms with E-state index in [-0.39, 0.29) is 4.90 Å². The molecule has 11 heteroatoms. The van der Waals surface area contributed by atoms with Crippen LogP contribution in [0.2, 0.25) is 10.0 Å². The molecule has 0 aliphatic heterocycles. The minimum absolute atomic E-state index is 0.0660. The lowest BCUT2D eigenvalue weighted by Gasteiger charge is -2.24. The summed E-state index contributed by atoms with van der Waals surface area (Å²) in [5.74, 6) is -0.0342. The summed E-state index contributed by atoms with van der Waals surface area (Å²) in [7, 11) is -4.05. The largest absolute Gasteiger partial charge is 0.494 e. The van der Waals surface area contributed by atoms with Crippen molar-refractivity contribution in [2.24, 2.45) is 5.10 Å². The van der Waals surface area contributed by atoms with Gasteiger partial charge in [-0.05, 0) is 79.4 Å². The number of carbonyl (C=O) groups excluding carboxylic acids is 1. The molecule has 0 heterocycles. The van der Waals surface area contributed by atoms with Crippen molar-refractivity contribution in [3.05, 3.63) is 82.3 Å². The summed E-state index contributed by atoms with van der Waals surface area (Å²) in [6.45, 7) is 1.84. The topological polar surface area (TPSA) is 88.1 Å². The van der Waals surface area contributed by atoms with Gasteiger partial charge in [-0.25, -0.2) is 13.8 Å². The number of benzene rings is 3. The first kappa shape index (κ1) is 26.9. The van der Waals surface area contributed by atoms with Crippen LogP contribution in [0.3, 0.4) is 0 Å². The smallest absolute Gasteiger partial charge is 0.264 e. The number of amides is 1. The summed E-state index contributed by atoms with van der Waals surface area (Å²) in [6.07, 6.45) is 3.29. The Hall–Kier alpha value is -2.72. The van der Waals surface area contributed by atoms with Gasteiger partial charge in [0.1, 0.15) is 12.3 Å². The van der Waals surface area contributed by atoms with Crippen LogP contribution in [0.1, 0.15) is 12.5 Å². The molecule has 184 valence electrons. The van der Waals surface area contributed by atoms with Crippen LogP contribution in [-0.4, -0.2) is 39.9 Å². The lowest BCUT2D eigenvalue weighted by Crippen LogP contribution is -2.39. The van der Waals surface area contributed by atoms with Gasteiger partial charge in [0.25, 0.3) is 15.9 Å². The van der Waals surface area contributed by atoms with Crippen LogP contribution in [0.25, 0.3) is 0 Å². The lowest BCUT2D eigenvalue weighted by molar-refractivity contribution is -0.119. The van der Waals surface area contributed by atoms with E-state index in [0.29, 0.717) is 33.7 Å². The van der Waals surface area contributed by atoms with Crippen molar-refractivity contribution in [3.63, 3.8) is 0 Å². The number of nitrogens with one attached hydrogen (secondary N) is 1. The Balaban J connectivity index is 1.84. The van der Waals surface area contributed by atoms with Crippen molar-refractivity contribution in [3.8, 4) is 5.75 Å². The van der Waals surface area contributed by atoms with Crippen LogP contribution in [0.5, 0.6) is 5.75 Å². The molecule has 0 unspecified atom stereocenters. The lowest BCUT2D eigenvalue weighted by atomic mass is 10.2. The Labute approximate surface area is 219 Å². The first-order valence-electron chi connectivity index (χ1n) is 10.4. The second-order valence-electron chi connectivity index (χ2n) is 7.08. The number of halogens is 2. The third kappa shape index (κ3) is 7.14. The number of carbonyl (C=O) groups is 1. The number of thioether (sulfide) groups is 1. The second kappa shape index (κ2) is 12.3. The normalized spacial score (nSPS) is 11.4. The van der Waals surface area contributed by atoms with Gasteiger partial charge in [0.15, 0.2) is 0 Å². The molecule has 0 aliphatic rings. The highest BCUT2D eigenvalue weighted by molar-refractivity contribution is 7.98. The summed E-state index contributed by atoms with van der Waals surface area (Å²) in [6, 6.07) is 17.8. The van der Waals surface area contributed by atoms with E-state index in [2.05, 4.69) is 10.5 Å². The maximum Gasteiger partial charge on any atom is 0.264 e. The highest BCUT2D eigenvalue weighted by Gasteiger charge is 2.27. The van der Waals surface area contributed by atoms with Gasteiger partial charge in [-0.15, -0.1) is 11.8 Å². The molecule has 3 aromatic carbocycles. The molecule has 0 aliphatic carbocycles. The highest BCUT2D eigenvalue weighted by Crippen LogP contribution is 2.27. The summed E-state index contributed by atoms with van der Waals surface area (Å²) in [5, 5.41) is 4.65. The van der Waals surface area contributed by atoms with Crippen LogP contribution in [0.15, 0.2) is 81.6 Å². The molecule has 0 saturated heterocycles. The Bertz CT molecular complexity index is 1300. The molecule has 7 nitrogen and oxygen atoms in total. The Morgan fingerprint density at radius 3 is 2.34 bits per heavy atom. The Morgan fingerprint density at radius 2 is 1.74 bits per heavy atom. The van der Waals surface area contributed by atoms with E-state index in [1.165, 1.54) is 30.1 Å². The van der Waals surface area contributed by atoms with Gasteiger partial charge in [0, 0.05) is 4.90 Å². The molecule has 3 aromatic rings. The van der Waals surface area contributed by atoms with Gasteiger partial charge >= 0.3 is 0 Å². The molecule has 0 fully saturated rings. The Kier molecular flexibility index (Phi) is 9.45. The van der Waals surface area contributed by atoms with Gasteiger partial charge < -0.3 is 4.74 Å². The van der Waals surface area contributed by atoms with Crippen LogP contribution < -0.4 is 14.5 Å². The third-order valence-corrected chi connectivity index (χ3v) is 7.99. The number of hydrogen-bond donors (Lipinski definition) is 1. The van der Waals surface area contributed by atoms with Gasteiger partial charge in [-0.2, -0.15) is 5.10 Å². The molecule has 0 bridgehead atoms. The predicted octanol–water partition coefficient (Wildman–Crippen LogP) is 5.46. The van der Waals surface area contributed by atoms with Crippen molar-refractivity contribution in [1.82, 2.24) is 5.43 Å². The zero-order valence-electron chi connectivity index (χ0n) is 18.9. The van der Waals surface area contributed by atoms with Crippen molar-refractivity contribution in [2.75, 3.05) is 23.7 Å². The Morgan fingerprint density at radius 1 is 1.06 bits per heavy atom. The minimum Gasteiger partial charge on any atom is -0.494 e. The third-order valence-electron chi connectivity index (χ3n) is 4.72. The number of hydrazone groups is 1. The summed E-state index contributed by atoms with van der Waals surface area (Å²) >= 11 is 13.4. The molecule has 0 saturated carbocycles. The fourth-order valence-electron chi connectivity index (χ4n) is 3.00. The van der Waals surface area contributed by atoms with E-state index in [1.54, 1.807) is 54.6 Å². The highest BCUT2D eigenvalue weighted by atomic mass is 35.5. The number of hydrogen-bond acceptors (Lipinski definition) is 6. The molecule has 1 N–H and O–H groups in total. The van der Waals surface area contributed by atoms with E-state index >= 15 is 0 Å². The monoisotopic (exact) mass is 551 g/mol.